The summed E-state index contributed by atoms with van der Waals surface area (Å²) in [5.41, 5.74) is 0. The van der Waals surface area contributed by atoms with Gasteiger partial charge in [0.25, 0.3) is 0 Å². The van der Waals surface area contributed by atoms with Crippen LogP contribution < -0.4 is 0 Å². The van der Waals surface area contributed by atoms with Crippen LogP contribution in [-0.2, 0) is 0 Å². The van der Waals surface area contributed by atoms with E-state index in [-0.39, 0.29) is 0 Å². The fraction of sp³-hybridized carbons (Fsp3) is 0.750. The third-order valence-electron chi connectivity index (χ3n) is 0.547. The van der Waals surface area contributed by atoms with Crippen LogP contribution in [0.5, 0.6) is 0 Å². The monoisotopic (exact) mass is 119 g/mol. The number of rotatable bonds is 1. The van der Waals surface area contributed by atoms with E-state index in [1.807, 2.05) is 0 Å². The molecule has 3 heteroatoms. The van der Waals surface area contributed by atoms with Crippen LogP contribution in [0.1, 0.15) is 6.92 Å². The summed E-state index contributed by atoms with van der Waals surface area (Å²) in [5.74, 6) is 0. The molecule has 1 N–H and O–H groups in total. The molecule has 0 aromatic heterocycles. The van der Waals surface area contributed by atoms with Crippen molar-refractivity contribution in [1.82, 2.24) is 0 Å². The van der Waals surface area contributed by atoms with E-state index in [9.17, 15) is 0 Å². The quantitative estimate of drug-likeness (QED) is 0.511. The zero-order chi connectivity index (χ0) is 5.86. The van der Waals surface area contributed by atoms with Crippen molar-refractivity contribution < 1.29 is 5.11 Å². The standard InChI is InChI=1S/C4H6ClNO/c1-3(7)4(5)2-6/h3-4,7H,1H3/t3-,4-/m1/s1. The molecule has 0 amide bonds. The lowest BCUT2D eigenvalue weighted by Gasteiger charge is -1.99. The fourth-order valence-corrected chi connectivity index (χ4v) is 0.108. The van der Waals surface area contributed by atoms with Gasteiger partial charge in [0.15, 0.2) is 0 Å². The first-order valence-corrected chi connectivity index (χ1v) is 2.34. The maximum Gasteiger partial charge on any atom is 0.146 e. The predicted molar refractivity (Wildman–Crippen MR) is 26.9 cm³/mol. The van der Waals surface area contributed by atoms with E-state index in [1.54, 1.807) is 6.07 Å². The Kier molecular flexibility index (Phi) is 2.73. The summed E-state index contributed by atoms with van der Waals surface area (Å²) in [6.07, 6.45) is -0.730. The van der Waals surface area contributed by atoms with Gasteiger partial charge < -0.3 is 5.11 Å². The molecule has 0 fully saturated rings. The molecule has 0 aliphatic carbocycles. The average Bonchev–Trinajstić information content (AvgIpc) is 1.65. The molecule has 0 heterocycles. The van der Waals surface area contributed by atoms with Crippen molar-refractivity contribution in [2.75, 3.05) is 0 Å². The zero-order valence-corrected chi connectivity index (χ0v) is 4.68. The fourth-order valence-electron chi connectivity index (χ4n) is 0.108. The highest BCUT2D eigenvalue weighted by molar-refractivity contribution is 6.22. The molecule has 40 valence electrons. The lowest BCUT2D eigenvalue weighted by Crippen LogP contribution is -2.13. The minimum Gasteiger partial charge on any atom is -0.391 e. The number of nitriles is 1. The number of halogens is 1. The van der Waals surface area contributed by atoms with Crippen molar-refractivity contribution in [3.63, 3.8) is 0 Å². The number of aliphatic hydroxyl groups is 1. The Labute approximate surface area is 47.3 Å². The molecule has 0 aromatic rings. The predicted octanol–water partition coefficient (Wildman–Crippen LogP) is 0.498. The van der Waals surface area contributed by atoms with E-state index >= 15 is 0 Å². The molecule has 0 saturated carbocycles. The number of alkyl halides is 1. The number of hydrogen-bond donors (Lipinski definition) is 1. The van der Waals surface area contributed by atoms with Crippen molar-refractivity contribution in [1.29, 1.82) is 5.26 Å². The van der Waals surface area contributed by atoms with E-state index in [0.29, 0.717) is 0 Å². The first kappa shape index (κ1) is 6.74. The SMILES string of the molecule is C[C@@H](O)[C@H](Cl)C#N. The van der Waals surface area contributed by atoms with Gasteiger partial charge in [0.05, 0.1) is 12.2 Å². The Hall–Kier alpha value is -0.260. The highest BCUT2D eigenvalue weighted by Gasteiger charge is 2.07. The van der Waals surface area contributed by atoms with Gasteiger partial charge in [0, 0.05) is 0 Å². The molecule has 2 atom stereocenters. The van der Waals surface area contributed by atoms with Crippen molar-refractivity contribution in [2.45, 2.75) is 18.4 Å². The average molecular weight is 120 g/mol. The second kappa shape index (κ2) is 2.84. The number of aliphatic hydroxyl groups excluding tert-OH is 1. The zero-order valence-electron chi connectivity index (χ0n) is 3.93. The topological polar surface area (TPSA) is 44.0 Å². The molecule has 0 unspecified atom stereocenters. The third-order valence-corrected chi connectivity index (χ3v) is 1.01. The van der Waals surface area contributed by atoms with E-state index < -0.39 is 11.5 Å². The van der Waals surface area contributed by atoms with Crippen molar-refractivity contribution in [2.24, 2.45) is 0 Å². The summed E-state index contributed by atoms with van der Waals surface area (Å²) in [6, 6.07) is 1.68. The summed E-state index contributed by atoms with van der Waals surface area (Å²) < 4.78 is 0. The molecule has 0 radical (unpaired) electrons. The maximum atomic E-state index is 8.47. The number of hydrogen-bond acceptors (Lipinski definition) is 2. The van der Waals surface area contributed by atoms with Gasteiger partial charge >= 0.3 is 0 Å². The molecule has 7 heavy (non-hydrogen) atoms. The maximum absolute atomic E-state index is 8.47. The first-order valence-electron chi connectivity index (χ1n) is 1.90. The van der Waals surface area contributed by atoms with Crippen LogP contribution in [0.15, 0.2) is 0 Å². The molecule has 0 saturated heterocycles. The van der Waals surface area contributed by atoms with Gasteiger partial charge in [-0.1, -0.05) is 0 Å². The molecule has 0 aromatic carbocycles. The van der Waals surface area contributed by atoms with Crippen LogP contribution in [0, 0.1) is 11.3 Å². The summed E-state index contributed by atoms with van der Waals surface area (Å²) in [7, 11) is 0. The highest BCUT2D eigenvalue weighted by Crippen LogP contribution is 1.97. The van der Waals surface area contributed by atoms with Crippen LogP contribution in [-0.4, -0.2) is 16.6 Å². The van der Waals surface area contributed by atoms with Gasteiger partial charge in [0.1, 0.15) is 5.38 Å². The van der Waals surface area contributed by atoms with Crippen molar-refractivity contribution >= 4 is 11.6 Å². The second-order valence-electron chi connectivity index (χ2n) is 1.27. The third kappa shape index (κ3) is 2.44. The van der Waals surface area contributed by atoms with Crippen molar-refractivity contribution in [3.8, 4) is 6.07 Å². The minimum absolute atomic E-state index is 0.730. The first-order chi connectivity index (χ1) is 3.18. The largest absolute Gasteiger partial charge is 0.391 e. The Morgan fingerprint density at radius 2 is 2.29 bits per heavy atom. The normalized spacial score (nSPS) is 17.4. The van der Waals surface area contributed by atoms with Crippen LogP contribution in [0.2, 0.25) is 0 Å². The van der Waals surface area contributed by atoms with Crippen LogP contribution in [0.3, 0.4) is 0 Å². The molecule has 0 aliphatic rings. The lowest BCUT2D eigenvalue weighted by atomic mass is 10.3. The van der Waals surface area contributed by atoms with Crippen molar-refractivity contribution in [3.05, 3.63) is 0 Å². The van der Waals surface area contributed by atoms with Gasteiger partial charge in [-0.15, -0.1) is 11.6 Å². The van der Waals surface area contributed by atoms with E-state index in [1.165, 1.54) is 6.92 Å². The highest BCUT2D eigenvalue weighted by atomic mass is 35.5. The minimum atomic E-state index is -0.764. The molecule has 0 rings (SSSR count). The smallest absolute Gasteiger partial charge is 0.146 e. The Morgan fingerprint density at radius 1 is 1.86 bits per heavy atom. The Bertz CT molecular complexity index is 86.2. The van der Waals surface area contributed by atoms with Gasteiger partial charge in [-0.2, -0.15) is 5.26 Å². The Morgan fingerprint density at radius 3 is 2.29 bits per heavy atom. The molecule has 0 bridgehead atoms. The van der Waals surface area contributed by atoms with Crippen LogP contribution >= 0.6 is 11.6 Å². The Balaban J connectivity index is 3.40. The molecule has 2 nitrogen and oxygen atoms in total. The van der Waals surface area contributed by atoms with E-state index in [4.69, 9.17) is 22.0 Å². The summed E-state index contributed by atoms with van der Waals surface area (Å²) in [4.78, 5) is 0. The lowest BCUT2D eigenvalue weighted by molar-refractivity contribution is 0.203. The van der Waals surface area contributed by atoms with E-state index in [0.717, 1.165) is 0 Å². The van der Waals surface area contributed by atoms with E-state index in [2.05, 4.69) is 0 Å². The molecule has 0 spiro atoms. The van der Waals surface area contributed by atoms with Crippen LogP contribution in [0.25, 0.3) is 0 Å². The molecular weight excluding hydrogens is 114 g/mol. The van der Waals surface area contributed by atoms with Crippen LogP contribution in [0.4, 0.5) is 0 Å². The van der Waals surface area contributed by atoms with Gasteiger partial charge in [-0.25, -0.2) is 0 Å². The summed E-state index contributed by atoms with van der Waals surface area (Å²) in [6.45, 7) is 1.47. The van der Waals surface area contributed by atoms with Gasteiger partial charge in [-0.05, 0) is 6.92 Å². The van der Waals surface area contributed by atoms with Gasteiger partial charge in [0.2, 0.25) is 0 Å². The summed E-state index contributed by atoms with van der Waals surface area (Å²) >= 11 is 5.19. The molecule has 0 aliphatic heterocycles. The molecular formula is C4H6ClNO. The second-order valence-corrected chi connectivity index (χ2v) is 1.74. The number of nitrogens with zero attached hydrogens (tertiary/aromatic N) is 1. The van der Waals surface area contributed by atoms with Gasteiger partial charge in [-0.3, -0.25) is 0 Å². The summed E-state index contributed by atoms with van der Waals surface area (Å²) in [5, 5.41) is 15.7.